The third-order valence-electron chi connectivity index (χ3n) is 3.58. The summed E-state index contributed by atoms with van der Waals surface area (Å²) in [5.41, 5.74) is 4.22. The van der Waals surface area contributed by atoms with Gasteiger partial charge in [-0.1, -0.05) is 60.7 Å². The van der Waals surface area contributed by atoms with E-state index in [2.05, 4.69) is 12.1 Å². The number of aryl methyl sites for hydroxylation is 1. The van der Waals surface area contributed by atoms with Crippen molar-refractivity contribution >= 4 is 17.3 Å². The minimum Gasteiger partial charge on any atom is -0.465 e. The van der Waals surface area contributed by atoms with Crippen LogP contribution in [-0.4, -0.2) is 13.1 Å². The fourth-order valence-corrected chi connectivity index (χ4v) is 3.73. The van der Waals surface area contributed by atoms with Crippen LogP contribution in [-0.2, 0) is 4.74 Å². The first-order valence-electron chi connectivity index (χ1n) is 7.05. The van der Waals surface area contributed by atoms with Gasteiger partial charge in [-0.25, -0.2) is 4.79 Å². The molecule has 0 aliphatic rings. The van der Waals surface area contributed by atoms with Gasteiger partial charge in [-0.15, -0.1) is 11.3 Å². The lowest BCUT2D eigenvalue weighted by Gasteiger charge is -2.08. The van der Waals surface area contributed by atoms with Gasteiger partial charge in [-0.3, -0.25) is 0 Å². The molecule has 3 heteroatoms. The number of benzene rings is 2. The predicted molar refractivity (Wildman–Crippen MR) is 91.3 cm³/mol. The summed E-state index contributed by atoms with van der Waals surface area (Å²) >= 11 is 1.49. The van der Waals surface area contributed by atoms with E-state index in [0.29, 0.717) is 4.88 Å². The molecule has 2 nitrogen and oxygen atoms in total. The van der Waals surface area contributed by atoms with E-state index in [1.54, 1.807) is 0 Å². The van der Waals surface area contributed by atoms with Crippen LogP contribution in [0.15, 0.2) is 60.7 Å². The molecule has 0 fully saturated rings. The first kappa shape index (κ1) is 14.5. The molecular formula is C19H16O2S. The number of carbonyl (C=O) groups is 1. The quantitative estimate of drug-likeness (QED) is 0.623. The summed E-state index contributed by atoms with van der Waals surface area (Å²) in [5, 5.41) is 0. The average molecular weight is 308 g/mol. The topological polar surface area (TPSA) is 26.3 Å². The van der Waals surface area contributed by atoms with E-state index < -0.39 is 0 Å². The summed E-state index contributed by atoms with van der Waals surface area (Å²) in [5.74, 6) is -0.283. The van der Waals surface area contributed by atoms with Crippen molar-refractivity contribution in [1.82, 2.24) is 0 Å². The number of hydrogen-bond donors (Lipinski definition) is 0. The molecule has 2 aromatic carbocycles. The molecule has 110 valence electrons. The zero-order chi connectivity index (χ0) is 15.5. The molecule has 0 saturated carbocycles. The summed E-state index contributed by atoms with van der Waals surface area (Å²) in [6.45, 7) is 2.05. The van der Waals surface area contributed by atoms with Gasteiger partial charge in [-0.2, -0.15) is 0 Å². The van der Waals surface area contributed by atoms with Gasteiger partial charge >= 0.3 is 5.97 Å². The molecule has 0 unspecified atom stereocenters. The molecule has 0 saturated heterocycles. The van der Waals surface area contributed by atoms with Crippen molar-refractivity contribution in [2.75, 3.05) is 7.11 Å². The summed E-state index contributed by atoms with van der Waals surface area (Å²) in [6, 6.07) is 20.2. The first-order valence-corrected chi connectivity index (χ1v) is 7.86. The number of rotatable bonds is 3. The van der Waals surface area contributed by atoms with Gasteiger partial charge in [-0.05, 0) is 18.1 Å². The van der Waals surface area contributed by atoms with Crippen molar-refractivity contribution in [2.45, 2.75) is 6.92 Å². The van der Waals surface area contributed by atoms with Crippen molar-refractivity contribution < 1.29 is 9.53 Å². The number of esters is 1. The number of ether oxygens (including phenoxy) is 1. The van der Waals surface area contributed by atoms with Crippen LogP contribution in [0.3, 0.4) is 0 Å². The van der Waals surface area contributed by atoms with E-state index >= 15 is 0 Å². The highest BCUT2D eigenvalue weighted by Gasteiger charge is 2.23. The van der Waals surface area contributed by atoms with Gasteiger partial charge in [0.25, 0.3) is 0 Å². The summed E-state index contributed by atoms with van der Waals surface area (Å²) < 4.78 is 4.97. The Morgan fingerprint density at radius 1 is 0.864 bits per heavy atom. The molecule has 1 heterocycles. The molecule has 0 aliphatic heterocycles. The molecule has 0 bridgehead atoms. The van der Waals surface area contributed by atoms with E-state index in [4.69, 9.17) is 4.74 Å². The molecule has 0 spiro atoms. The maximum atomic E-state index is 12.2. The fourth-order valence-electron chi connectivity index (χ4n) is 2.61. The van der Waals surface area contributed by atoms with E-state index in [9.17, 15) is 4.79 Å². The highest BCUT2D eigenvalue weighted by Crippen LogP contribution is 2.42. The van der Waals surface area contributed by atoms with Crippen LogP contribution in [0.5, 0.6) is 0 Å². The molecule has 3 rings (SSSR count). The standard InChI is InChI=1S/C19H16O2S/c1-13-16(14-9-5-3-6-10-14)17(15-11-7-4-8-12-15)18(22-13)19(20)21-2/h3-12H,1-2H3. The first-order chi connectivity index (χ1) is 10.7. The summed E-state index contributed by atoms with van der Waals surface area (Å²) in [6.07, 6.45) is 0. The maximum Gasteiger partial charge on any atom is 0.348 e. The van der Waals surface area contributed by atoms with Crippen LogP contribution < -0.4 is 0 Å². The Bertz CT molecular complexity index is 789. The van der Waals surface area contributed by atoms with Crippen LogP contribution in [0.2, 0.25) is 0 Å². The van der Waals surface area contributed by atoms with Gasteiger partial charge in [0.05, 0.1) is 7.11 Å². The average Bonchev–Trinajstić information content (AvgIpc) is 2.93. The Morgan fingerprint density at radius 3 is 1.86 bits per heavy atom. The second-order valence-electron chi connectivity index (χ2n) is 4.96. The van der Waals surface area contributed by atoms with E-state index in [0.717, 1.165) is 27.1 Å². The van der Waals surface area contributed by atoms with Crippen molar-refractivity contribution in [1.29, 1.82) is 0 Å². The number of thiophene rings is 1. The van der Waals surface area contributed by atoms with Gasteiger partial charge in [0.15, 0.2) is 0 Å². The lowest BCUT2D eigenvalue weighted by Crippen LogP contribution is -2.00. The molecule has 3 aromatic rings. The van der Waals surface area contributed by atoms with Crippen molar-refractivity contribution in [2.24, 2.45) is 0 Å². The van der Waals surface area contributed by atoms with E-state index in [1.165, 1.54) is 18.4 Å². The number of methoxy groups -OCH3 is 1. The lowest BCUT2D eigenvalue weighted by molar-refractivity contribution is 0.0607. The van der Waals surface area contributed by atoms with Crippen molar-refractivity contribution in [3.8, 4) is 22.3 Å². The molecular weight excluding hydrogens is 292 g/mol. The maximum absolute atomic E-state index is 12.2. The van der Waals surface area contributed by atoms with E-state index in [1.807, 2.05) is 55.5 Å². The second kappa shape index (κ2) is 6.16. The zero-order valence-electron chi connectivity index (χ0n) is 12.5. The van der Waals surface area contributed by atoms with Gasteiger partial charge in [0.2, 0.25) is 0 Å². The summed E-state index contributed by atoms with van der Waals surface area (Å²) in [7, 11) is 1.42. The highest BCUT2D eigenvalue weighted by molar-refractivity contribution is 7.15. The van der Waals surface area contributed by atoms with Gasteiger partial charge < -0.3 is 4.74 Å². The predicted octanol–water partition coefficient (Wildman–Crippen LogP) is 5.18. The van der Waals surface area contributed by atoms with Crippen LogP contribution in [0, 0.1) is 6.92 Å². The van der Waals surface area contributed by atoms with Crippen molar-refractivity contribution in [3.63, 3.8) is 0 Å². The second-order valence-corrected chi connectivity index (χ2v) is 6.19. The van der Waals surface area contributed by atoms with Crippen LogP contribution in [0.1, 0.15) is 14.5 Å². The Morgan fingerprint density at radius 2 is 1.36 bits per heavy atom. The smallest absolute Gasteiger partial charge is 0.348 e. The Labute approximate surface area is 134 Å². The highest BCUT2D eigenvalue weighted by atomic mass is 32.1. The van der Waals surface area contributed by atoms with Crippen LogP contribution in [0.25, 0.3) is 22.3 Å². The Kier molecular flexibility index (Phi) is 4.07. The molecule has 1 aromatic heterocycles. The molecule has 0 amide bonds. The molecule has 0 N–H and O–H groups in total. The molecule has 0 aliphatic carbocycles. The number of hydrogen-bond acceptors (Lipinski definition) is 3. The third-order valence-corrected chi connectivity index (χ3v) is 4.67. The van der Waals surface area contributed by atoms with Crippen LogP contribution >= 0.6 is 11.3 Å². The minimum absolute atomic E-state index is 0.283. The Hall–Kier alpha value is -2.39. The lowest BCUT2D eigenvalue weighted by atomic mass is 9.95. The Balaban J connectivity index is 2.30. The third kappa shape index (κ3) is 2.55. The molecule has 22 heavy (non-hydrogen) atoms. The normalized spacial score (nSPS) is 10.5. The number of carbonyl (C=O) groups excluding carboxylic acids is 1. The molecule has 0 atom stereocenters. The van der Waals surface area contributed by atoms with E-state index in [-0.39, 0.29) is 5.97 Å². The SMILES string of the molecule is COC(=O)c1sc(C)c(-c2ccccc2)c1-c1ccccc1. The molecule has 0 radical (unpaired) electrons. The monoisotopic (exact) mass is 308 g/mol. The summed E-state index contributed by atoms with van der Waals surface area (Å²) in [4.78, 5) is 14.0. The van der Waals surface area contributed by atoms with Crippen LogP contribution in [0.4, 0.5) is 0 Å². The largest absolute Gasteiger partial charge is 0.465 e. The van der Waals surface area contributed by atoms with Gasteiger partial charge in [0.1, 0.15) is 4.88 Å². The fraction of sp³-hybridized carbons (Fsp3) is 0.105. The van der Waals surface area contributed by atoms with Crippen molar-refractivity contribution in [3.05, 3.63) is 70.4 Å². The minimum atomic E-state index is -0.283. The zero-order valence-corrected chi connectivity index (χ0v) is 13.3. The van der Waals surface area contributed by atoms with Gasteiger partial charge in [0, 0.05) is 16.0 Å².